The van der Waals surface area contributed by atoms with E-state index in [1.807, 2.05) is 6.07 Å². The summed E-state index contributed by atoms with van der Waals surface area (Å²) in [6.45, 7) is 0. The Labute approximate surface area is 138 Å². The predicted molar refractivity (Wildman–Crippen MR) is 85.4 cm³/mol. The van der Waals surface area contributed by atoms with Gasteiger partial charge in [0.15, 0.2) is 0 Å². The Balaban J connectivity index is 1.63. The Bertz CT molecular complexity index is 738. The standard InChI is InChI=1S/C15H12BrFN2O2S/c16-11-7-9(17)4-5-10(11)14(20)18-19-15(21)13-6-8-2-1-3-12(8)22-13/h4-7H,1-3H2,(H,18,20)(H,19,21). The second-order valence-corrected chi connectivity index (χ2v) is 6.94. The fraction of sp³-hybridized carbons (Fsp3) is 0.200. The molecule has 0 saturated heterocycles. The van der Waals surface area contributed by atoms with Crippen molar-refractivity contribution in [2.75, 3.05) is 0 Å². The van der Waals surface area contributed by atoms with Crippen LogP contribution in [0.15, 0.2) is 28.7 Å². The molecule has 1 aliphatic rings. The molecular formula is C15H12BrFN2O2S. The number of carbonyl (C=O) groups is 2. The largest absolute Gasteiger partial charge is 0.279 e. The van der Waals surface area contributed by atoms with Crippen molar-refractivity contribution in [3.8, 4) is 0 Å². The van der Waals surface area contributed by atoms with Gasteiger partial charge in [-0.05, 0) is 65.0 Å². The minimum Gasteiger partial charge on any atom is -0.267 e. The lowest BCUT2D eigenvalue weighted by molar-refractivity contribution is 0.0848. The molecule has 1 aliphatic carbocycles. The van der Waals surface area contributed by atoms with Gasteiger partial charge in [-0.3, -0.25) is 20.4 Å². The van der Waals surface area contributed by atoms with Gasteiger partial charge in [-0.15, -0.1) is 11.3 Å². The highest BCUT2D eigenvalue weighted by molar-refractivity contribution is 9.10. The van der Waals surface area contributed by atoms with E-state index < -0.39 is 11.7 Å². The summed E-state index contributed by atoms with van der Waals surface area (Å²) in [4.78, 5) is 25.8. The average molecular weight is 383 g/mol. The van der Waals surface area contributed by atoms with Gasteiger partial charge in [-0.1, -0.05) is 0 Å². The minimum atomic E-state index is -0.510. The summed E-state index contributed by atoms with van der Waals surface area (Å²) in [5, 5.41) is 0. The molecule has 0 spiro atoms. The minimum absolute atomic E-state index is 0.246. The van der Waals surface area contributed by atoms with Crippen LogP contribution in [-0.4, -0.2) is 11.8 Å². The first-order valence-electron chi connectivity index (χ1n) is 6.72. The van der Waals surface area contributed by atoms with E-state index in [1.165, 1.54) is 40.0 Å². The monoisotopic (exact) mass is 382 g/mol. The molecule has 0 saturated carbocycles. The number of amides is 2. The number of hydrogen-bond donors (Lipinski definition) is 2. The molecule has 4 nitrogen and oxygen atoms in total. The van der Waals surface area contributed by atoms with Gasteiger partial charge in [0.2, 0.25) is 0 Å². The highest BCUT2D eigenvalue weighted by atomic mass is 79.9. The maximum absolute atomic E-state index is 13.0. The smallest absolute Gasteiger partial charge is 0.267 e. The van der Waals surface area contributed by atoms with E-state index in [0.717, 1.165) is 19.3 Å². The molecule has 22 heavy (non-hydrogen) atoms. The number of carbonyl (C=O) groups excluding carboxylic acids is 2. The number of nitrogens with one attached hydrogen (secondary N) is 2. The van der Waals surface area contributed by atoms with Crippen LogP contribution in [-0.2, 0) is 12.8 Å². The summed E-state index contributed by atoms with van der Waals surface area (Å²) in [5.74, 6) is -1.30. The third kappa shape index (κ3) is 3.05. The molecule has 2 N–H and O–H groups in total. The molecule has 2 aromatic rings. The summed E-state index contributed by atoms with van der Waals surface area (Å²) in [5.41, 5.74) is 6.19. The van der Waals surface area contributed by atoms with E-state index in [-0.39, 0.29) is 11.5 Å². The van der Waals surface area contributed by atoms with Crippen molar-refractivity contribution >= 4 is 39.1 Å². The zero-order valence-electron chi connectivity index (χ0n) is 11.4. The Morgan fingerprint density at radius 3 is 2.64 bits per heavy atom. The van der Waals surface area contributed by atoms with E-state index in [0.29, 0.717) is 9.35 Å². The maximum atomic E-state index is 13.0. The summed E-state index contributed by atoms with van der Waals surface area (Å²) in [6.07, 6.45) is 3.16. The van der Waals surface area contributed by atoms with Crippen molar-refractivity contribution in [2.45, 2.75) is 19.3 Å². The fourth-order valence-corrected chi connectivity index (χ4v) is 4.04. The molecule has 0 bridgehead atoms. The zero-order valence-corrected chi connectivity index (χ0v) is 13.8. The Kier molecular flexibility index (Phi) is 4.26. The normalized spacial score (nSPS) is 12.8. The molecule has 0 radical (unpaired) electrons. The topological polar surface area (TPSA) is 58.2 Å². The van der Waals surface area contributed by atoms with Gasteiger partial charge < -0.3 is 0 Å². The van der Waals surface area contributed by atoms with Crippen molar-refractivity contribution in [1.82, 2.24) is 10.9 Å². The number of hydrogen-bond acceptors (Lipinski definition) is 3. The molecular weight excluding hydrogens is 371 g/mol. The lowest BCUT2D eigenvalue weighted by Gasteiger charge is -2.07. The Morgan fingerprint density at radius 1 is 1.14 bits per heavy atom. The Morgan fingerprint density at radius 2 is 1.91 bits per heavy atom. The number of halogens is 2. The van der Waals surface area contributed by atoms with Gasteiger partial charge in [0.05, 0.1) is 10.4 Å². The first kappa shape index (κ1) is 15.2. The lowest BCUT2D eigenvalue weighted by atomic mass is 10.2. The van der Waals surface area contributed by atoms with Gasteiger partial charge in [0, 0.05) is 9.35 Å². The summed E-state index contributed by atoms with van der Waals surface area (Å²) in [7, 11) is 0. The number of aryl methyl sites for hydroxylation is 2. The van der Waals surface area contributed by atoms with Crippen molar-refractivity contribution in [1.29, 1.82) is 0 Å². The third-order valence-electron chi connectivity index (χ3n) is 3.44. The van der Waals surface area contributed by atoms with Crippen LogP contribution in [0.25, 0.3) is 0 Å². The molecule has 114 valence electrons. The second-order valence-electron chi connectivity index (χ2n) is 4.95. The number of thiophene rings is 1. The molecule has 0 fully saturated rings. The van der Waals surface area contributed by atoms with Crippen molar-refractivity contribution < 1.29 is 14.0 Å². The van der Waals surface area contributed by atoms with Crippen LogP contribution in [0.5, 0.6) is 0 Å². The highest BCUT2D eigenvalue weighted by Crippen LogP contribution is 2.30. The average Bonchev–Trinajstić information content (AvgIpc) is 3.05. The van der Waals surface area contributed by atoms with E-state index >= 15 is 0 Å². The molecule has 0 unspecified atom stereocenters. The number of fused-ring (bicyclic) bond motifs is 1. The van der Waals surface area contributed by atoms with E-state index in [2.05, 4.69) is 26.8 Å². The van der Waals surface area contributed by atoms with E-state index in [9.17, 15) is 14.0 Å². The first-order valence-corrected chi connectivity index (χ1v) is 8.33. The van der Waals surface area contributed by atoms with E-state index in [4.69, 9.17) is 0 Å². The first-order chi connectivity index (χ1) is 10.5. The van der Waals surface area contributed by atoms with Crippen LogP contribution in [0.2, 0.25) is 0 Å². The van der Waals surface area contributed by atoms with Crippen LogP contribution < -0.4 is 10.9 Å². The second kappa shape index (κ2) is 6.18. The molecule has 3 rings (SSSR count). The third-order valence-corrected chi connectivity index (χ3v) is 5.33. The van der Waals surface area contributed by atoms with Crippen LogP contribution in [0, 0.1) is 5.82 Å². The molecule has 0 aliphatic heterocycles. The van der Waals surface area contributed by atoms with Gasteiger partial charge in [0.1, 0.15) is 5.82 Å². The summed E-state index contributed by atoms with van der Waals surface area (Å²) in [6, 6.07) is 5.61. The van der Waals surface area contributed by atoms with Crippen LogP contribution in [0.3, 0.4) is 0 Å². The number of benzene rings is 1. The maximum Gasteiger partial charge on any atom is 0.279 e. The SMILES string of the molecule is O=C(NNC(=O)c1ccc(F)cc1Br)c1cc2c(s1)CCC2. The Hall–Kier alpha value is -1.73. The van der Waals surface area contributed by atoms with Crippen molar-refractivity contribution in [3.05, 3.63) is 55.4 Å². The molecule has 0 atom stereocenters. The van der Waals surface area contributed by atoms with Gasteiger partial charge >= 0.3 is 0 Å². The van der Waals surface area contributed by atoms with E-state index in [1.54, 1.807) is 0 Å². The van der Waals surface area contributed by atoms with Crippen LogP contribution in [0.4, 0.5) is 4.39 Å². The fourth-order valence-electron chi connectivity index (χ4n) is 2.36. The number of hydrazine groups is 1. The van der Waals surface area contributed by atoms with Crippen LogP contribution in [0.1, 0.15) is 36.9 Å². The van der Waals surface area contributed by atoms with Crippen molar-refractivity contribution in [2.24, 2.45) is 0 Å². The highest BCUT2D eigenvalue weighted by Gasteiger charge is 2.19. The van der Waals surface area contributed by atoms with Gasteiger partial charge in [-0.25, -0.2) is 4.39 Å². The molecule has 7 heteroatoms. The summed E-state index contributed by atoms with van der Waals surface area (Å²) < 4.78 is 13.3. The molecule has 1 heterocycles. The molecule has 1 aromatic carbocycles. The van der Waals surface area contributed by atoms with Crippen molar-refractivity contribution in [3.63, 3.8) is 0 Å². The zero-order chi connectivity index (χ0) is 15.7. The molecule has 2 amide bonds. The lowest BCUT2D eigenvalue weighted by Crippen LogP contribution is -2.41. The molecule has 1 aromatic heterocycles. The van der Waals surface area contributed by atoms with Gasteiger partial charge in [0.25, 0.3) is 11.8 Å². The summed E-state index contributed by atoms with van der Waals surface area (Å²) >= 11 is 4.58. The van der Waals surface area contributed by atoms with Crippen LogP contribution >= 0.6 is 27.3 Å². The quantitative estimate of drug-likeness (QED) is 0.783. The predicted octanol–water partition coefficient (Wildman–Crippen LogP) is 3.21. The number of rotatable bonds is 2. The van der Waals surface area contributed by atoms with Gasteiger partial charge in [-0.2, -0.15) is 0 Å².